The van der Waals surface area contributed by atoms with Crippen molar-refractivity contribution in [1.82, 2.24) is 25.3 Å². The lowest BCUT2D eigenvalue weighted by atomic mass is 10.2. The van der Waals surface area contributed by atoms with Gasteiger partial charge in [0.2, 0.25) is 11.8 Å². The number of rotatable bonds is 5. The first kappa shape index (κ1) is 16.4. The normalized spacial score (nSPS) is 20.4. The van der Waals surface area contributed by atoms with Gasteiger partial charge in [0.1, 0.15) is 11.3 Å². The summed E-state index contributed by atoms with van der Waals surface area (Å²) in [5, 5.41) is 6.67. The van der Waals surface area contributed by atoms with Gasteiger partial charge in [-0.3, -0.25) is 9.69 Å². The largest absolute Gasteiger partial charge is 0.439 e. The van der Waals surface area contributed by atoms with Crippen molar-refractivity contribution < 1.29 is 18.1 Å². The van der Waals surface area contributed by atoms with Crippen molar-refractivity contribution >= 4 is 17.0 Å². The molecule has 3 heterocycles. The monoisotopic (exact) mass is 371 g/mol. The smallest absolute Gasteiger partial charge is 0.292 e. The predicted molar refractivity (Wildman–Crippen MR) is 91.1 cm³/mol. The van der Waals surface area contributed by atoms with Crippen LogP contribution in [0.15, 0.2) is 27.1 Å². The lowest BCUT2D eigenvalue weighted by Gasteiger charge is -2.19. The topological polar surface area (TPSA) is 97.3 Å². The quantitative estimate of drug-likeness (QED) is 0.736. The third-order valence-electron chi connectivity index (χ3n) is 4.94. The number of nitrogens with one attached hydrogen (secondary N) is 1. The molecule has 9 heteroatoms. The van der Waals surface area contributed by atoms with Gasteiger partial charge in [0, 0.05) is 12.1 Å². The number of hydrogen-bond acceptors (Lipinski definition) is 7. The molecule has 1 saturated heterocycles. The number of nitrogens with zero attached hydrogens (tertiary/aromatic N) is 4. The van der Waals surface area contributed by atoms with Crippen molar-refractivity contribution in [2.75, 3.05) is 6.54 Å². The molecule has 2 aliphatic rings. The fraction of sp³-hybridized carbons (Fsp3) is 0.444. The molecule has 1 saturated carbocycles. The van der Waals surface area contributed by atoms with Gasteiger partial charge < -0.3 is 14.3 Å². The van der Waals surface area contributed by atoms with Crippen LogP contribution in [0.2, 0.25) is 0 Å². The SMILES string of the molecule is O=C(NC1CC1)c1noc([C@H]2CCCN2Cc2nc3cc(F)ccc3o2)n1. The van der Waals surface area contributed by atoms with Crippen LogP contribution in [0, 0.1) is 5.82 Å². The van der Waals surface area contributed by atoms with E-state index in [0.717, 1.165) is 32.2 Å². The summed E-state index contributed by atoms with van der Waals surface area (Å²) in [5.41, 5.74) is 1.05. The third kappa shape index (κ3) is 3.30. The zero-order chi connectivity index (χ0) is 18.4. The van der Waals surface area contributed by atoms with E-state index in [2.05, 4.69) is 25.3 Å². The Labute approximate surface area is 153 Å². The summed E-state index contributed by atoms with van der Waals surface area (Å²) in [5.74, 6) is 0.368. The van der Waals surface area contributed by atoms with E-state index < -0.39 is 0 Å². The molecular formula is C18H18FN5O3. The summed E-state index contributed by atoms with van der Waals surface area (Å²) in [6, 6.07) is 4.43. The average Bonchev–Trinajstić information content (AvgIpc) is 3.04. The van der Waals surface area contributed by atoms with Crippen LogP contribution in [0.4, 0.5) is 4.39 Å². The fourth-order valence-corrected chi connectivity index (χ4v) is 3.43. The van der Waals surface area contributed by atoms with Gasteiger partial charge in [0.25, 0.3) is 11.7 Å². The first-order chi connectivity index (χ1) is 13.2. The molecule has 1 N–H and O–H groups in total. The fourth-order valence-electron chi connectivity index (χ4n) is 3.43. The molecule has 140 valence electrons. The Balaban J connectivity index is 1.32. The zero-order valence-electron chi connectivity index (χ0n) is 14.5. The highest BCUT2D eigenvalue weighted by Crippen LogP contribution is 2.32. The molecule has 1 atom stereocenters. The standard InChI is InChI=1S/C18H18FN5O3/c19-10-3-6-14-12(8-10)21-15(26-14)9-24-7-1-2-13(24)18-22-16(23-27-18)17(25)20-11-4-5-11/h3,6,8,11,13H,1-2,4-5,7,9H2,(H,20,25)/t13-/m1/s1. The second kappa shape index (κ2) is 6.41. The minimum Gasteiger partial charge on any atom is -0.439 e. The third-order valence-corrected chi connectivity index (χ3v) is 4.94. The van der Waals surface area contributed by atoms with Gasteiger partial charge in [-0.2, -0.15) is 4.98 Å². The van der Waals surface area contributed by atoms with Gasteiger partial charge in [0.05, 0.1) is 12.6 Å². The average molecular weight is 371 g/mol. The van der Waals surface area contributed by atoms with Crippen molar-refractivity contribution in [2.24, 2.45) is 0 Å². The van der Waals surface area contributed by atoms with Crippen molar-refractivity contribution in [3.63, 3.8) is 0 Å². The number of carbonyl (C=O) groups excluding carboxylic acids is 1. The maximum absolute atomic E-state index is 13.3. The number of amides is 1. The molecule has 1 aromatic carbocycles. The number of fused-ring (bicyclic) bond motifs is 1. The molecule has 0 radical (unpaired) electrons. The predicted octanol–water partition coefficient (Wildman–Crippen LogP) is 2.58. The summed E-state index contributed by atoms with van der Waals surface area (Å²) >= 11 is 0. The minimum atomic E-state index is -0.343. The Hall–Kier alpha value is -2.81. The molecule has 1 aliphatic carbocycles. The summed E-state index contributed by atoms with van der Waals surface area (Å²) < 4.78 is 24.4. The number of carbonyl (C=O) groups is 1. The maximum atomic E-state index is 13.3. The Morgan fingerprint density at radius 1 is 1.30 bits per heavy atom. The highest BCUT2D eigenvalue weighted by atomic mass is 19.1. The van der Waals surface area contributed by atoms with Crippen molar-refractivity contribution in [1.29, 1.82) is 0 Å². The molecule has 1 amide bonds. The van der Waals surface area contributed by atoms with Gasteiger partial charge >= 0.3 is 0 Å². The summed E-state index contributed by atoms with van der Waals surface area (Å²) in [7, 11) is 0. The molecular weight excluding hydrogens is 353 g/mol. The Kier molecular flexibility index (Phi) is 3.89. The molecule has 27 heavy (non-hydrogen) atoms. The second-order valence-electron chi connectivity index (χ2n) is 7.05. The van der Waals surface area contributed by atoms with Crippen LogP contribution < -0.4 is 5.32 Å². The van der Waals surface area contributed by atoms with E-state index in [1.807, 2.05) is 0 Å². The van der Waals surface area contributed by atoms with Gasteiger partial charge in [-0.15, -0.1) is 0 Å². The zero-order valence-corrected chi connectivity index (χ0v) is 14.5. The highest BCUT2D eigenvalue weighted by Gasteiger charge is 2.33. The Bertz CT molecular complexity index is 996. The lowest BCUT2D eigenvalue weighted by molar-refractivity contribution is 0.0937. The van der Waals surface area contributed by atoms with Crippen LogP contribution in [0.25, 0.3) is 11.1 Å². The van der Waals surface area contributed by atoms with E-state index >= 15 is 0 Å². The lowest BCUT2D eigenvalue weighted by Crippen LogP contribution is -2.27. The number of aromatic nitrogens is 3. The van der Waals surface area contributed by atoms with Gasteiger partial charge in [-0.1, -0.05) is 5.16 Å². The molecule has 2 aromatic heterocycles. The van der Waals surface area contributed by atoms with E-state index in [1.54, 1.807) is 6.07 Å². The van der Waals surface area contributed by atoms with Crippen LogP contribution in [0.5, 0.6) is 0 Å². The van der Waals surface area contributed by atoms with Crippen LogP contribution >= 0.6 is 0 Å². The van der Waals surface area contributed by atoms with Crippen LogP contribution in [-0.2, 0) is 6.54 Å². The maximum Gasteiger partial charge on any atom is 0.292 e. The molecule has 5 rings (SSSR count). The van der Waals surface area contributed by atoms with E-state index in [9.17, 15) is 9.18 Å². The Morgan fingerprint density at radius 3 is 3.04 bits per heavy atom. The van der Waals surface area contributed by atoms with Gasteiger partial charge in [-0.25, -0.2) is 9.37 Å². The number of likely N-dealkylation sites (tertiary alicyclic amines) is 1. The van der Waals surface area contributed by atoms with Crippen molar-refractivity contribution in [3.8, 4) is 0 Å². The molecule has 8 nitrogen and oxygen atoms in total. The van der Waals surface area contributed by atoms with Crippen LogP contribution in [0.3, 0.4) is 0 Å². The number of hydrogen-bond donors (Lipinski definition) is 1. The number of benzene rings is 1. The van der Waals surface area contributed by atoms with E-state index in [4.69, 9.17) is 8.94 Å². The second-order valence-corrected chi connectivity index (χ2v) is 7.05. The van der Waals surface area contributed by atoms with Crippen molar-refractivity contribution in [3.05, 3.63) is 41.6 Å². The first-order valence-electron chi connectivity index (χ1n) is 9.09. The minimum absolute atomic E-state index is 0.0705. The summed E-state index contributed by atoms with van der Waals surface area (Å²) in [6.45, 7) is 1.27. The van der Waals surface area contributed by atoms with E-state index in [-0.39, 0.29) is 29.6 Å². The summed E-state index contributed by atoms with van der Waals surface area (Å²) in [6.07, 6.45) is 3.81. The van der Waals surface area contributed by atoms with Crippen LogP contribution in [0.1, 0.15) is 54.1 Å². The molecule has 1 aliphatic heterocycles. The molecule has 0 unspecified atom stereocenters. The summed E-state index contributed by atoms with van der Waals surface area (Å²) in [4.78, 5) is 22.8. The van der Waals surface area contributed by atoms with E-state index in [1.165, 1.54) is 12.1 Å². The van der Waals surface area contributed by atoms with Gasteiger partial charge in [0.15, 0.2) is 5.58 Å². The van der Waals surface area contributed by atoms with Gasteiger partial charge in [-0.05, 0) is 44.4 Å². The molecule has 3 aromatic rings. The van der Waals surface area contributed by atoms with Crippen molar-refractivity contribution in [2.45, 2.75) is 44.3 Å². The molecule has 0 bridgehead atoms. The highest BCUT2D eigenvalue weighted by molar-refractivity contribution is 5.90. The number of halogens is 1. The Morgan fingerprint density at radius 2 is 2.19 bits per heavy atom. The molecule has 0 spiro atoms. The number of oxazole rings is 1. The first-order valence-corrected chi connectivity index (χ1v) is 9.09. The molecule has 2 fully saturated rings. The van der Waals surface area contributed by atoms with E-state index in [0.29, 0.717) is 29.4 Å². The van der Waals surface area contributed by atoms with Crippen LogP contribution in [-0.4, -0.2) is 38.5 Å².